The van der Waals surface area contributed by atoms with Crippen LogP contribution >= 0.6 is 11.6 Å². The number of aryl methyl sites for hydroxylation is 3. The van der Waals surface area contributed by atoms with Crippen molar-refractivity contribution in [1.82, 2.24) is 15.3 Å². The Labute approximate surface area is 150 Å². The van der Waals surface area contributed by atoms with E-state index in [1.54, 1.807) is 25.1 Å². The summed E-state index contributed by atoms with van der Waals surface area (Å²) in [4.78, 5) is 31.8. The van der Waals surface area contributed by atoms with Crippen LogP contribution in [0.15, 0.2) is 35.1 Å². The lowest BCUT2D eigenvalue weighted by atomic mass is 10.1. The van der Waals surface area contributed by atoms with E-state index in [0.29, 0.717) is 21.8 Å². The molecule has 0 bridgehead atoms. The molecule has 128 valence electrons. The third kappa shape index (κ3) is 3.56. The number of hydrogen-bond donors (Lipinski definition) is 2. The molecule has 25 heavy (non-hydrogen) atoms. The number of aromatic amines is 1. The van der Waals surface area contributed by atoms with Crippen molar-refractivity contribution in [3.8, 4) is 0 Å². The Bertz CT molecular complexity index is 1040. The van der Waals surface area contributed by atoms with Gasteiger partial charge in [0.2, 0.25) is 0 Å². The number of H-pyrrole nitrogens is 1. The first-order chi connectivity index (χ1) is 11.8. The van der Waals surface area contributed by atoms with Crippen molar-refractivity contribution in [2.24, 2.45) is 0 Å². The molecule has 2 N–H and O–H groups in total. The first kappa shape index (κ1) is 17.2. The Kier molecular flexibility index (Phi) is 4.59. The van der Waals surface area contributed by atoms with Crippen LogP contribution in [0, 0.1) is 20.8 Å². The Hall–Kier alpha value is -2.66. The van der Waals surface area contributed by atoms with Crippen LogP contribution in [0.25, 0.3) is 10.9 Å². The van der Waals surface area contributed by atoms with Crippen LogP contribution < -0.4 is 10.9 Å². The standard InChI is InChI=1S/C19H18ClN3O2/c1-10-6-11(2)22-19(25)16(10)9-21-18(24)15-8-13-7-14(20)4-5-17(13)23-12(15)3/h4-8H,9H2,1-3H3,(H,21,24)(H,22,25). The molecule has 0 aliphatic heterocycles. The SMILES string of the molecule is Cc1cc(C)c(CNC(=O)c2cc3cc(Cl)ccc3nc2C)c(=O)[nH]1. The second-order valence-electron chi connectivity index (χ2n) is 6.08. The fourth-order valence-corrected chi connectivity index (χ4v) is 3.02. The number of rotatable bonds is 3. The van der Waals surface area contributed by atoms with Crippen LogP contribution in [0.4, 0.5) is 0 Å². The van der Waals surface area contributed by atoms with E-state index in [2.05, 4.69) is 15.3 Å². The monoisotopic (exact) mass is 355 g/mol. The molecule has 0 spiro atoms. The van der Waals surface area contributed by atoms with Crippen LogP contribution in [0.5, 0.6) is 0 Å². The number of pyridine rings is 2. The van der Waals surface area contributed by atoms with Gasteiger partial charge in [-0.3, -0.25) is 14.6 Å². The molecular weight excluding hydrogens is 338 g/mol. The molecule has 0 aliphatic carbocycles. The average molecular weight is 356 g/mol. The highest BCUT2D eigenvalue weighted by atomic mass is 35.5. The van der Waals surface area contributed by atoms with E-state index in [9.17, 15) is 9.59 Å². The number of nitrogens with zero attached hydrogens (tertiary/aromatic N) is 1. The van der Waals surface area contributed by atoms with Crippen molar-refractivity contribution in [3.05, 3.63) is 73.8 Å². The molecule has 0 aliphatic rings. The number of nitrogens with one attached hydrogen (secondary N) is 2. The Balaban J connectivity index is 1.88. The molecule has 0 unspecified atom stereocenters. The van der Waals surface area contributed by atoms with Gasteiger partial charge in [0.15, 0.2) is 0 Å². The van der Waals surface area contributed by atoms with Gasteiger partial charge >= 0.3 is 0 Å². The quantitative estimate of drug-likeness (QED) is 0.755. The summed E-state index contributed by atoms with van der Waals surface area (Å²) in [6.45, 7) is 5.63. The second kappa shape index (κ2) is 6.69. The molecule has 2 heterocycles. The zero-order valence-electron chi connectivity index (χ0n) is 14.2. The van der Waals surface area contributed by atoms with E-state index in [4.69, 9.17) is 11.6 Å². The van der Waals surface area contributed by atoms with E-state index < -0.39 is 0 Å². The molecule has 3 rings (SSSR count). The summed E-state index contributed by atoms with van der Waals surface area (Å²) < 4.78 is 0. The van der Waals surface area contributed by atoms with E-state index >= 15 is 0 Å². The first-order valence-corrected chi connectivity index (χ1v) is 8.27. The lowest BCUT2D eigenvalue weighted by molar-refractivity contribution is 0.0950. The van der Waals surface area contributed by atoms with Crippen molar-refractivity contribution in [1.29, 1.82) is 0 Å². The van der Waals surface area contributed by atoms with Crippen LogP contribution in [-0.2, 0) is 6.54 Å². The molecule has 0 fully saturated rings. The zero-order valence-corrected chi connectivity index (χ0v) is 15.0. The molecule has 2 aromatic heterocycles. The Morgan fingerprint density at radius 3 is 2.68 bits per heavy atom. The van der Waals surface area contributed by atoms with Crippen molar-refractivity contribution < 1.29 is 4.79 Å². The highest BCUT2D eigenvalue weighted by Crippen LogP contribution is 2.20. The summed E-state index contributed by atoms with van der Waals surface area (Å²) in [5, 5.41) is 4.19. The summed E-state index contributed by atoms with van der Waals surface area (Å²) in [5.74, 6) is -0.272. The van der Waals surface area contributed by atoms with E-state index in [-0.39, 0.29) is 18.0 Å². The number of amides is 1. The molecule has 3 aromatic rings. The van der Waals surface area contributed by atoms with Crippen molar-refractivity contribution in [2.45, 2.75) is 27.3 Å². The second-order valence-corrected chi connectivity index (χ2v) is 6.52. The topological polar surface area (TPSA) is 74.8 Å². The van der Waals surface area contributed by atoms with Crippen molar-refractivity contribution >= 4 is 28.4 Å². The summed E-state index contributed by atoms with van der Waals surface area (Å²) in [7, 11) is 0. The molecular formula is C19H18ClN3O2. The molecule has 1 amide bonds. The van der Waals surface area contributed by atoms with Crippen molar-refractivity contribution in [2.75, 3.05) is 0 Å². The van der Waals surface area contributed by atoms with Gasteiger partial charge in [-0.1, -0.05) is 11.6 Å². The highest BCUT2D eigenvalue weighted by molar-refractivity contribution is 6.31. The van der Waals surface area contributed by atoms with Gasteiger partial charge in [0.25, 0.3) is 11.5 Å². The Morgan fingerprint density at radius 2 is 1.96 bits per heavy atom. The molecule has 0 saturated carbocycles. The predicted octanol–water partition coefficient (Wildman–Crippen LogP) is 3.43. The zero-order chi connectivity index (χ0) is 18.1. The highest BCUT2D eigenvalue weighted by Gasteiger charge is 2.13. The van der Waals surface area contributed by atoms with Gasteiger partial charge < -0.3 is 10.3 Å². The number of carbonyl (C=O) groups excluding carboxylic acids is 1. The minimum atomic E-state index is -0.272. The van der Waals surface area contributed by atoms with Gasteiger partial charge in [-0.15, -0.1) is 0 Å². The van der Waals surface area contributed by atoms with Gasteiger partial charge in [0.05, 0.1) is 16.8 Å². The molecule has 0 radical (unpaired) electrons. The number of carbonyl (C=O) groups is 1. The minimum absolute atomic E-state index is 0.160. The van der Waals surface area contributed by atoms with E-state index in [1.807, 2.05) is 26.0 Å². The van der Waals surface area contributed by atoms with Crippen LogP contribution in [0.2, 0.25) is 5.02 Å². The number of benzene rings is 1. The summed E-state index contributed by atoms with van der Waals surface area (Å²) in [6.07, 6.45) is 0. The van der Waals surface area contributed by atoms with E-state index in [1.165, 1.54) is 0 Å². The summed E-state index contributed by atoms with van der Waals surface area (Å²) >= 11 is 6.01. The predicted molar refractivity (Wildman–Crippen MR) is 99.2 cm³/mol. The fraction of sp³-hybridized carbons (Fsp3) is 0.211. The molecule has 0 atom stereocenters. The fourth-order valence-electron chi connectivity index (χ4n) is 2.84. The van der Waals surface area contributed by atoms with Gasteiger partial charge in [-0.05, 0) is 56.7 Å². The summed E-state index contributed by atoms with van der Waals surface area (Å²) in [5.41, 5.74) is 3.89. The largest absolute Gasteiger partial charge is 0.348 e. The lowest BCUT2D eigenvalue weighted by Gasteiger charge is -2.10. The van der Waals surface area contributed by atoms with Gasteiger partial charge in [0.1, 0.15) is 0 Å². The number of fused-ring (bicyclic) bond motifs is 1. The third-order valence-corrected chi connectivity index (χ3v) is 4.37. The number of aromatic nitrogens is 2. The van der Waals surface area contributed by atoms with Crippen LogP contribution in [0.3, 0.4) is 0 Å². The normalized spacial score (nSPS) is 10.9. The molecule has 1 aromatic carbocycles. The average Bonchev–Trinajstić information content (AvgIpc) is 2.53. The minimum Gasteiger partial charge on any atom is -0.348 e. The van der Waals surface area contributed by atoms with Crippen LogP contribution in [0.1, 0.15) is 32.9 Å². The molecule has 0 saturated heterocycles. The van der Waals surface area contributed by atoms with E-state index in [0.717, 1.165) is 22.2 Å². The first-order valence-electron chi connectivity index (χ1n) is 7.89. The summed E-state index contributed by atoms with van der Waals surface area (Å²) in [6, 6.07) is 9.01. The molecule has 5 nitrogen and oxygen atoms in total. The van der Waals surface area contributed by atoms with Gasteiger partial charge in [-0.2, -0.15) is 0 Å². The van der Waals surface area contributed by atoms with Crippen LogP contribution in [-0.4, -0.2) is 15.9 Å². The van der Waals surface area contributed by atoms with Gasteiger partial charge in [-0.25, -0.2) is 0 Å². The van der Waals surface area contributed by atoms with Crippen molar-refractivity contribution in [3.63, 3.8) is 0 Å². The third-order valence-electron chi connectivity index (χ3n) is 4.13. The lowest BCUT2D eigenvalue weighted by Crippen LogP contribution is -2.28. The molecule has 6 heteroatoms. The smallest absolute Gasteiger partial charge is 0.253 e. The Morgan fingerprint density at radius 1 is 1.20 bits per heavy atom. The maximum absolute atomic E-state index is 12.6. The maximum Gasteiger partial charge on any atom is 0.253 e. The number of halogens is 1. The van der Waals surface area contributed by atoms with Gasteiger partial charge in [0, 0.05) is 28.2 Å². The maximum atomic E-state index is 12.6. The number of hydrogen-bond acceptors (Lipinski definition) is 3.